The zero-order chi connectivity index (χ0) is 61.3. The van der Waals surface area contributed by atoms with Crippen molar-refractivity contribution in [2.75, 3.05) is 68.0 Å². The van der Waals surface area contributed by atoms with Crippen molar-refractivity contribution in [1.29, 1.82) is 0 Å². The van der Waals surface area contributed by atoms with E-state index in [0.717, 1.165) is 12.8 Å². The summed E-state index contributed by atoms with van der Waals surface area (Å²) < 4.78 is 71.0. The average Bonchev–Trinajstić information content (AvgIpc) is 3.56. The number of carbonyl (C=O) groups excluding carboxylic acids is 2. The Bertz CT molecular complexity index is 2560. The van der Waals surface area contributed by atoms with Gasteiger partial charge < -0.3 is 86.8 Å². The lowest BCUT2D eigenvalue weighted by Gasteiger charge is -2.50. The SMILES string of the molecule is CCO/N=C1\[C@H](C)C[C@@](C)(OC)[C@H](OC2O[C@H](C)C[C@H](N(C)C)[C@H]2O)[C@@H](C)[C@H](OC2C[C@@](C)(OC)[C@@H](OC(=O)CCOCCOCCOc3ccc4c(=O)c(C(=O)O)cn(C5CC5)c4c3)[C@H](C)O2)[C@@H](C)C(=O)O[C@H](CC)[C@@](C)(O)[C@H](O)[C@H]1C. The lowest BCUT2D eigenvalue weighted by atomic mass is 9.73. The van der Waals surface area contributed by atoms with Crippen molar-refractivity contribution in [3.63, 3.8) is 0 Å². The molecule has 4 aliphatic rings. The highest BCUT2D eigenvalue weighted by Crippen LogP contribution is 2.43. The number of benzene rings is 1. The van der Waals surface area contributed by atoms with E-state index < -0.39 is 119 Å². The van der Waals surface area contributed by atoms with Gasteiger partial charge in [0, 0.05) is 68.1 Å². The molecular weight excluding hydrogens is 1080 g/mol. The largest absolute Gasteiger partial charge is 0.491 e. The normalized spacial score (nSPS) is 36.3. The molecule has 3 saturated heterocycles. The number of fused-ring (bicyclic) bond motifs is 1. The Morgan fingerprint density at radius 1 is 0.855 bits per heavy atom. The molecule has 2 aromatic rings. The van der Waals surface area contributed by atoms with E-state index in [2.05, 4.69) is 5.16 Å². The number of aromatic nitrogens is 1. The fourth-order valence-corrected chi connectivity index (χ4v) is 12.2. The molecule has 18 atom stereocenters. The van der Waals surface area contributed by atoms with Crippen molar-refractivity contribution in [2.24, 2.45) is 28.8 Å². The molecular formula is C60H95N3O20. The molecule has 1 aromatic carbocycles. The Morgan fingerprint density at radius 2 is 1.51 bits per heavy atom. The van der Waals surface area contributed by atoms with Gasteiger partial charge in [-0.15, -0.1) is 0 Å². The second-order valence-corrected chi connectivity index (χ2v) is 23.9. The zero-order valence-electron chi connectivity index (χ0n) is 51.4. The Morgan fingerprint density at radius 3 is 2.12 bits per heavy atom. The maximum absolute atomic E-state index is 14.7. The number of ether oxygens (including phenoxy) is 11. The third-order valence-corrected chi connectivity index (χ3v) is 17.3. The number of aromatic carboxylic acids is 1. The highest BCUT2D eigenvalue weighted by atomic mass is 16.7. The van der Waals surface area contributed by atoms with Crippen LogP contribution in [0.5, 0.6) is 5.75 Å². The number of carbonyl (C=O) groups is 3. The minimum atomic E-state index is -1.95. The number of aliphatic hydroxyl groups excluding tert-OH is 2. The second kappa shape index (κ2) is 29.3. The van der Waals surface area contributed by atoms with Gasteiger partial charge in [-0.3, -0.25) is 14.4 Å². The molecule has 83 heavy (non-hydrogen) atoms. The van der Waals surface area contributed by atoms with Gasteiger partial charge >= 0.3 is 17.9 Å². The summed E-state index contributed by atoms with van der Waals surface area (Å²) in [6.07, 6.45) is -5.98. The first-order valence-corrected chi connectivity index (χ1v) is 29.4. The van der Waals surface area contributed by atoms with Crippen LogP contribution in [0.1, 0.15) is 138 Å². The Labute approximate surface area is 488 Å². The van der Waals surface area contributed by atoms with Crippen LogP contribution in [0.4, 0.5) is 0 Å². The van der Waals surface area contributed by atoms with E-state index in [4.69, 9.17) is 56.9 Å². The first-order chi connectivity index (χ1) is 39.2. The van der Waals surface area contributed by atoms with Gasteiger partial charge in [-0.05, 0) is 107 Å². The molecule has 4 heterocycles. The monoisotopic (exact) mass is 1180 g/mol. The highest BCUT2D eigenvalue weighted by Gasteiger charge is 2.55. The number of rotatable bonds is 23. The predicted molar refractivity (Wildman–Crippen MR) is 304 cm³/mol. The molecule has 1 aliphatic carbocycles. The Hall–Kier alpha value is -4.37. The minimum absolute atomic E-state index is 0.0363. The number of carboxylic acid groups (broad SMARTS) is 1. The number of aliphatic hydroxyl groups is 3. The molecule has 0 amide bonds. The van der Waals surface area contributed by atoms with Gasteiger partial charge in [0.1, 0.15) is 47.9 Å². The summed E-state index contributed by atoms with van der Waals surface area (Å²) in [4.78, 5) is 60.3. The van der Waals surface area contributed by atoms with E-state index in [1.807, 2.05) is 51.3 Å². The van der Waals surface area contributed by atoms with Crippen molar-refractivity contribution < 1.29 is 91.8 Å². The minimum Gasteiger partial charge on any atom is -0.491 e. The lowest BCUT2D eigenvalue weighted by Crippen LogP contribution is -2.61. The smallest absolute Gasteiger partial charge is 0.341 e. The molecule has 470 valence electrons. The quantitative estimate of drug-likeness (QED) is 0.0593. The van der Waals surface area contributed by atoms with Crippen LogP contribution in [-0.4, -0.2) is 206 Å². The molecule has 0 spiro atoms. The number of pyridine rings is 1. The number of likely N-dealkylation sites (N-methyl/N-ethyl adjacent to an activating group) is 1. The summed E-state index contributed by atoms with van der Waals surface area (Å²) in [7, 11) is 6.82. The van der Waals surface area contributed by atoms with E-state index >= 15 is 0 Å². The average molecular weight is 1180 g/mol. The molecule has 1 aromatic heterocycles. The van der Waals surface area contributed by atoms with Crippen LogP contribution in [-0.2, 0) is 61.8 Å². The first-order valence-electron chi connectivity index (χ1n) is 29.4. The van der Waals surface area contributed by atoms with Gasteiger partial charge in [0.2, 0.25) is 5.43 Å². The maximum atomic E-state index is 14.7. The van der Waals surface area contributed by atoms with E-state index in [9.17, 15) is 39.6 Å². The Balaban J connectivity index is 1.14. The van der Waals surface area contributed by atoms with Gasteiger partial charge in [-0.1, -0.05) is 32.9 Å². The van der Waals surface area contributed by atoms with E-state index in [1.165, 1.54) is 20.2 Å². The molecule has 3 aliphatic heterocycles. The molecule has 0 bridgehead atoms. The first kappa shape index (κ1) is 67.8. The topological polar surface area (TPSA) is 280 Å². The van der Waals surface area contributed by atoms with Crippen LogP contribution in [0.3, 0.4) is 0 Å². The van der Waals surface area contributed by atoms with E-state index in [-0.39, 0.29) is 89.1 Å². The van der Waals surface area contributed by atoms with Crippen LogP contribution < -0.4 is 10.2 Å². The maximum Gasteiger partial charge on any atom is 0.341 e. The standard InChI is InChI=1S/C60H95N3O20/c1-16-45-60(11,71)52(67)35(5)48(61-77-17-2)33(3)30-58(9,72-14)53(83-57-50(66)44(62(12)13)28-34(4)78-57)36(6)51(37(7)56(70)80-45)82-47-31-59(10,73-15)54(38(8)79-47)81-46(64)22-23-74-24-25-75-26-27-76-40-20-21-41-43(29-40)63(39-18-19-39)32-42(49(41)65)55(68)69/h20-21,29,32-39,44-45,47,50-54,57,66-67,71H,16-19,22-28,30-31H2,1-15H3,(H,68,69)/b61-48+/t33-,34-,35+,36+,37-,38+,44+,45-,47?,50-,51+,52-,53-,54+,57?,58-,59-,60-/m1/s1. The summed E-state index contributed by atoms with van der Waals surface area (Å²) in [5, 5.41) is 50.4. The molecule has 2 unspecified atom stereocenters. The van der Waals surface area contributed by atoms with Gasteiger partial charge in [0.05, 0.1) is 86.1 Å². The predicted octanol–water partition coefficient (Wildman–Crippen LogP) is 5.66. The van der Waals surface area contributed by atoms with Crippen LogP contribution in [0.2, 0.25) is 0 Å². The second-order valence-electron chi connectivity index (χ2n) is 23.9. The van der Waals surface area contributed by atoms with Crippen molar-refractivity contribution in [3.8, 4) is 5.75 Å². The summed E-state index contributed by atoms with van der Waals surface area (Å²) in [5.74, 6) is -5.15. The lowest BCUT2D eigenvalue weighted by molar-refractivity contribution is -0.320. The van der Waals surface area contributed by atoms with Crippen molar-refractivity contribution in [1.82, 2.24) is 9.47 Å². The number of oxime groups is 1. The third-order valence-electron chi connectivity index (χ3n) is 17.3. The van der Waals surface area contributed by atoms with Gasteiger partial charge in [0.15, 0.2) is 18.7 Å². The fraction of sp³-hybridized carbons (Fsp3) is 0.783. The number of cyclic esters (lactones) is 1. The summed E-state index contributed by atoms with van der Waals surface area (Å²) in [5.41, 5.74) is -4.13. The van der Waals surface area contributed by atoms with Gasteiger partial charge in [-0.2, -0.15) is 0 Å². The van der Waals surface area contributed by atoms with E-state index in [0.29, 0.717) is 28.8 Å². The molecule has 1 saturated carbocycles. The summed E-state index contributed by atoms with van der Waals surface area (Å²) in [6.45, 7) is 20.6. The zero-order valence-corrected chi connectivity index (χ0v) is 51.4. The van der Waals surface area contributed by atoms with Gasteiger partial charge in [-0.25, -0.2) is 4.79 Å². The highest BCUT2D eigenvalue weighted by molar-refractivity contribution is 5.93. The van der Waals surface area contributed by atoms with Crippen LogP contribution >= 0.6 is 0 Å². The van der Waals surface area contributed by atoms with Crippen molar-refractivity contribution in [2.45, 2.75) is 211 Å². The summed E-state index contributed by atoms with van der Waals surface area (Å²) in [6, 6.07) is 4.76. The van der Waals surface area contributed by atoms with Crippen LogP contribution in [0, 0.1) is 23.7 Å². The van der Waals surface area contributed by atoms with Crippen molar-refractivity contribution >= 4 is 34.5 Å². The van der Waals surface area contributed by atoms with Crippen LogP contribution in [0.25, 0.3) is 10.9 Å². The van der Waals surface area contributed by atoms with Crippen molar-refractivity contribution in [3.05, 3.63) is 40.2 Å². The molecule has 4 fully saturated rings. The van der Waals surface area contributed by atoms with Gasteiger partial charge in [0.25, 0.3) is 0 Å². The fourth-order valence-electron chi connectivity index (χ4n) is 12.2. The number of nitrogens with zero attached hydrogens (tertiary/aromatic N) is 3. The summed E-state index contributed by atoms with van der Waals surface area (Å²) >= 11 is 0. The van der Waals surface area contributed by atoms with E-state index in [1.54, 1.807) is 66.9 Å². The molecule has 23 nitrogen and oxygen atoms in total. The molecule has 23 heteroatoms. The van der Waals surface area contributed by atoms with Crippen LogP contribution in [0.15, 0.2) is 34.3 Å². The number of hydrogen-bond acceptors (Lipinski definition) is 21. The molecule has 6 rings (SSSR count). The number of hydrogen-bond donors (Lipinski definition) is 4. The molecule has 0 radical (unpaired) electrons. The number of methoxy groups -OCH3 is 2. The Kier molecular flexibility index (Phi) is 24.0. The third kappa shape index (κ3) is 16.2. The molecule has 4 N–H and O–H groups in total. The number of esters is 2. The number of carboxylic acids is 1.